The lowest BCUT2D eigenvalue weighted by molar-refractivity contribution is -0.149. The van der Waals surface area contributed by atoms with Gasteiger partial charge in [0.25, 0.3) is 0 Å². The van der Waals surface area contributed by atoms with Gasteiger partial charge in [-0.2, -0.15) is 0 Å². The van der Waals surface area contributed by atoms with Crippen LogP contribution in [-0.2, 0) is 16.1 Å². The zero-order valence-corrected chi connectivity index (χ0v) is 18.4. The number of hydrogen-bond donors (Lipinski definition) is 1. The minimum atomic E-state index is -0.107. The molecule has 0 aliphatic carbocycles. The predicted molar refractivity (Wildman–Crippen MR) is 115 cm³/mol. The quantitative estimate of drug-likeness (QED) is 0.305. The molecule has 1 saturated heterocycles. The normalized spacial score (nSPS) is 17.3. The first-order valence-corrected chi connectivity index (χ1v) is 8.80. The number of hydrogen-bond acceptors (Lipinski definition) is 5. The average molecular weight is 475 g/mol. The van der Waals surface area contributed by atoms with Crippen molar-refractivity contribution in [3.63, 3.8) is 0 Å². The van der Waals surface area contributed by atoms with Gasteiger partial charge in [-0.3, -0.25) is 9.79 Å². The molecule has 1 N–H and O–H groups in total. The highest BCUT2D eigenvalue weighted by Crippen LogP contribution is 2.19. The molecule has 2 heterocycles. The van der Waals surface area contributed by atoms with E-state index in [1.807, 2.05) is 32.0 Å². The van der Waals surface area contributed by atoms with E-state index >= 15 is 0 Å². The third kappa shape index (κ3) is 6.00. The Bertz CT molecular complexity index is 609. The molecule has 0 aromatic carbocycles. The van der Waals surface area contributed by atoms with Gasteiger partial charge in [0.2, 0.25) is 0 Å². The number of halogens is 1. The van der Waals surface area contributed by atoms with Crippen molar-refractivity contribution in [1.29, 1.82) is 0 Å². The molecular formula is C18H30IN5O2. The number of guanidine groups is 1. The maximum atomic E-state index is 12.0. The number of rotatable bonds is 5. The number of nitrogens with one attached hydrogen (secondary N) is 1. The number of likely N-dealkylation sites (tertiary alicyclic amines) is 1. The molecule has 0 radical (unpaired) electrons. The molecule has 8 heteroatoms. The third-order valence-corrected chi connectivity index (χ3v) is 4.28. The van der Waals surface area contributed by atoms with Crippen LogP contribution in [0.3, 0.4) is 0 Å². The zero-order chi connectivity index (χ0) is 18.2. The van der Waals surface area contributed by atoms with Crippen LogP contribution in [0.2, 0.25) is 0 Å². The smallest absolute Gasteiger partial charge is 0.310 e. The van der Waals surface area contributed by atoms with Crippen LogP contribution in [0.15, 0.2) is 23.3 Å². The second-order valence-corrected chi connectivity index (χ2v) is 6.32. The molecule has 1 aliphatic heterocycles. The van der Waals surface area contributed by atoms with Gasteiger partial charge in [-0.25, -0.2) is 4.98 Å². The van der Waals surface area contributed by atoms with Gasteiger partial charge in [0, 0.05) is 52.5 Å². The molecular weight excluding hydrogens is 445 g/mol. The van der Waals surface area contributed by atoms with Crippen LogP contribution in [0.25, 0.3) is 0 Å². The van der Waals surface area contributed by atoms with Gasteiger partial charge in [-0.15, -0.1) is 24.0 Å². The Morgan fingerprint density at radius 2 is 2.27 bits per heavy atom. The Labute approximate surface area is 173 Å². The molecule has 1 aromatic heterocycles. The van der Waals surface area contributed by atoms with Gasteiger partial charge < -0.3 is 19.9 Å². The van der Waals surface area contributed by atoms with E-state index in [1.165, 1.54) is 0 Å². The molecule has 1 aliphatic rings. The highest BCUT2D eigenvalue weighted by atomic mass is 127. The van der Waals surface area contributed by atoms with Crippen molar-refractivity contribution in [2.45, 2.75) is 26.3 Å². The summed E-state index contributed by atoms with van der Waals surface area (Å²) in [6.45, 7) is 4.44. The van der Waals surface area contributed by atoms with Gasteiger partial charge in [0.15, 0.2) is 5.96 Å². The van der Waals surface area contributed by atoms with Crippen molar-refractivity contribution in [1.82, 2.24) is 15.2 Å². The Morgan fingerprint density at radius 3 is 2.92 bits per heavy atom. The minimum absolute atomic E-state index is 0. The number of nitrogens with zero attached hydrogens (tertiary/aromatic N) is 4. The summed E-state index contributed by atoms with van der Waals surface area (Å²) in [6.07, 6.45) is 3.63. The monoisotopic (exact) mass is 475 g/mol. The van der Waals surface area contributed by atoms with Crippen LogP contribution >= 0.6 is 24.0 Å². The number of anilines is 1. The van der Waals surface area contributed by atoms with Crippen molar-refractivity contribution < 1.29 is 9.53 Å². The molecule has 2 rings (SSSR count). The lowest BCUT2D eigenvalue weighted by Crippen LogP contribution is -2.48. The summed E-state index contributed by atoms with van der Waals surface area (Å²) < 4.78 is 5.17. The molecule has 7 nitrogen and oxygen atoms in total. The van der Waals surface area contributed by atoms with Crippen LogP contribution in [0.1, 0.15) is 25.3 Å². The number of esters is 1. The number of piperidine rings is 1. The van der Waals surface area contributed by atoms with Gasteiger partial charge in [0.05, 0.1) is 12.5 Å². The minimum Gasteiger partial charge on any atom is -0.466 e. The molecule has 0 bridgehead atoms. The van der Waals surface area contributed by atoms with E-state index < -0.39 is 0 Å². The van der Waals surface area contributed by atoms with Gasteiger partial charge in [-0.05, 0) is 25.8 Å². The van der Waals surface area contributed by atoms with E-state index in [9.17, 15) is 4.79 Å². The molecule has 0 spiro atoms. The molecule has 26 heavy (non-hydrogen) atoms. The molecule has 1 unspecified atom stereocenters. The highest BCUT2D eigenvalue weighted by molar-refractivity contribution is 14.0. The molecule has 0 saturated carbocycles. The Kier molecular flexibility index (Phi) is 9.68. The third-order valence-electron chi connectivity index (χ3n) is 4.28. The Balaban J connectivity index is 0.00000338. The van der Waals surface area contributed by atoms with E-state index in [-0.39, 0.29) is 35.9 Å². The first-order chi connectivity index (χ1) is 12.1. The molecule has 1 atom stereocenters. The largest absolute Gasteiger partial charge is 0.466 e. The maximum absolute atomic E-state index is 12.0. The predicted octanol–water partition coefficient (Wildman–Crippen LogP) is 2.12. The fraction of sp³-hybridized carbons (Fsp3) is 0.611. The van der Waals surface area contributed by atoms with Crippen LogP contribution in [0, 0.1) is 5.92 Å². The SMILES string of the molecule is CCOC(=O)C1CCCN(C(=NC)NCc2cccnc2N(C)C)C1.I. The summed E-state index contributed by atoms with van der Waals surface area (Å²) in [4.78, 5) is 25.0. The summed E-state index contributed by atoms with van der Waals surface area (Å²) >= 11 is 0. The van der Waals surface area contributed by atoms with Gasteiger partial charge in [-0.1, -0.05) is 6.07 Å². The number of aromatic nitrogens is 1. The highest BCUT2D eigenvalue weighted by Gasteiger charge is 2.28. The fourth-order valence-corrected chi connectivity index (χ4v) is 3.10. The van der Waals surface area contributed by atoms with Crippen LogP contribution in [0.4, 0.5) is 5.82 Å². The molecule has 146 valence electrons. The number of pyridine rings is 1. The number of carbonyl (C=O) groups is 1. The summed E-state index contributed by atoms with van der Waals surface area (Å²) in [6, 6.07) is 3.99. The van der Waals surface area contributed by atoms with E-state index in [0.717, 1.165) is 36.7 Å². The van der Waals surface area contributed by atoms with Crippen molar-refractivity contribution >= 4 is 41.7 Å². The summed E-state index contributed by atoms with van der Waals surface area (Å²) in [5, 5.41) is 3.40. The van der Waals surface area contributed by atoms with Crippen molar-refractivity contribution in [3.8, 4) is 0 Å². The Hall–Kier alpha value is -1.58. The number of aliphatic imine (C=N–C) groups is 1. The van der Waals surface area contributed by atoms with Crippen LogP contribution < -0.4 is 10.2 Å². The first-order valence-electron chi connectivity index (χ1n) is 8.80. The number of ether oxygens (including phenoxy) is 1. The molecule has 0 amide bonds. The summed E-state index contributed by atoms with van der Waals surface area (Å²) in [5.74, 6) is 1.56. The second kappa shape index (κ2) is 11.2. The van der Waals surface area contributed by atoms with Crippen LogP contribution in [0.5, 0.6) is 0 Å². The lowest BCUT2D eigenvalue weighted by Gasteiger charge is -2.34. The van der Waals surface area contributed by atoms with E-state index in [1.54, 1.807) is 13.2 Å². The standard InChI is InChI=1S/C18H29N5O2.HI/c1-5-25-17(24)15-9-7-11-23(13-15)18(19-2)21-12-14-8-6-10-20-16(14)22(3)4;/h6,8,10,15H,5,7,9,11-13H2,1-4H3,(H,19,21);1H. The van der Waals surface area contributed by atoms with E-state index in [4.69, 9.17) is 4.74 Å². The second-order valence-electron chi connectivity index (χ2n) is 6.32. The zero-order valence-electron chi connectivity index (χ0n) is 16.1. The maximum Gasteiger partial charge on any atom is 0.310 e. The fourth-order valence-electron chi connectivity index (χ4n) is 3.10. The number of carbonyl (C=O) groups excluding carboxylic acids is 1. The average Bonchev–Trinajstić information content (AvgIpc) is 2.63. The van der Waals surface area contributed by atoms with E-state index in [0.29, 0.717) is 19.7 Å². The topological polar surface area (TPSA) is 70.1 Å². The molecule has 1 aromatic rings. The van der Waals surface area contributed by atoms with E-state index in [2.05, 4.69) is 26.3 Å². The van der Waals surface area contributed by atoms with Gasteiger partial charge in [0.1, 0.15) is 5.82 Å². The first kappa shape index (κ1) is 22.5. The van der Waals surface area contributed by atoms with Gasteiger partial charge >= 0.3 is 5.97 Å². The van der Waals surface area contributed by atoms with Crippen molar-refractivity contribution in [2.24, 2.45) is 10.9 Å². The molecule has 1 fully saturated rings. The Morgan fingerprint density at radius 1 is 1.50 bits per heavy atom. The van der Waals surface area contributed by atoms with Crippen LogP contribution in [-0.4, -0.2) is 62.7 Å². The van der Waals surface area contributed by atoms with Crippen molar-refractivity contribution in [2.75, 3.05) is 45.7 Å². The summed E-state index contributed by atoms with van der Waals surface area (Å²) in [5.41, 5.74) is 1.10. The lowest BCUT2D eigenvalue weighted by atomic mass is 9.98. The van der Waals surface area contributed by atoms with Crippen molar-refractivity contribution in [3.05, 3.63) is 23.9 Å². The summed E-state index contributed by atoms with van der Waals surface area (Å²) in [7, 11) is 5.73.